The summed E-state index contributed by atoms with van der Waals surface area (Å²) in [6.07, 6.45) is 4.13. The average Bonchev–Trinajstić information content (AvgIpc) is 2.88. The van der Waals surface area contributed by atoms with Crippen LogP contribution in [-0.4, -0.2) is 25.3 Å². The van der Waals surface area contributed by atoms with E-state index < -0.39 is 10.0 Å². The van der Waals surface area contributed by atoms with Gasteiger partial charge in [0.05, 0.1) is 5.69 Å². The van der Waals surface area contributed by atoms with Crippen LogP contribution in [0.4, 0.5) is 5.69 Å². The molecule has 112 valence electrons. The predicted molar refractivity (Wildman–Crippen MR) is 82.2 cm³/mol. The lowest BCUT2D eigenvalue weighted by Crippen LogP contribution is -2.39. The van der Waals surface area contributed by atoms with Crippen molar-refractivity contribution in [2.45, 2.75) is 57.4 Å². The predicted octanol–water partition coefficient (Wildman–Crippen LogP) is 2.84. The zero-order valence-corrected chi connectivity index (χ0v) is 13.3. The normalized spacial score (nSPS) is 17.0. The number of nitrogen functional groups attached to an aromatic ring is 1. The third kappa shape index (κ3) is 2.56. The number of nitrogens with zero attached hydrogens (tertiary/aromatic N) is 1. The van der Waals surface area contributed by atoms with Crippen molar-refractivity contribution in [3.63, 3.8) is 0 Å². The van der Waals surface area contributed by atoms with Crippen LogP contribution in [0.1, 0.15) is 43.7 Å². The molecule has 1 fully saturated rings. The Balaban J connectivity index is 2.51. The molecule has 1 aliphatic rings. The van der Waals surface area contributed by atoms with Gasteiger partial charge in [-0.05, 0) is 37.8 Å². The van der Waals surface area contributed by atoms with Crippen LogP contribution in [0.15, 0.2) is 17.0 Å². The molecule has 20 heavy (non-hydrogen) atoms. The minimum Gasteiger partial charge on any atom is -0.397 e. The molecule has 1 aromatic carbocycles. The molecule has 0 aromatic heterocycles. The highest BCUT2D eigenvalue weighted by molar-refractivity contribution is 7.89. The molecule has 1 aliphatic carbocycles. The van der Waals surface area contributed by atoms with Gasteiger partial charge in [-0.15, -0.1) is 0 Å². The Morgan fingerprint density at radius 1 is 1.20 bits per heavy atom. The van der Waals surface area contributed by atoms with Crippen LogP contribution in [0.5, 0.6) is 0 Å². The summed E-state index contributed by atoms with van der Waals surface area (Å²) in [5.74, 6) is 0. The first kappa shape index (κ1) is 15.3. The van der Waals surface area contributed by atoms with E-state index in [0.717, 1.165) is 36.8 Å². The third-order valence-corrected chi connectivity index (χ3v) is 6.45. The molecule has 0 unspecified atom stereocenters. The number of rotatable bonds is 4. The van der Waals surface area contributed by atoms with Crippen LogP contribution in [0.3, 0.4) is 0 Å². The lowest BCUT2D eigenvalue weighted by atomic mass is 10.1. The summed E-state index contributed by atoms with van der Waals surface area (Å²) in [6, 6.07) is 3.83. The van der Waals surface area contributed by atoms with Gasteiger partial charge in [0, 0.05) is 12.6 Å². The first-order chi connectivity index (χ1) is 9.39. The summed E-state index contributed by atoms with van der Waals surface area (Å²) < 4.78 is 27.6. The molecule has 0 aliphatic heterocycles. The maximum Gasteiger partial charge on any atom is 0.245 e. The fourth-order valence-electron chi connectivity index (χ4n) is 3.08. The first-order valence-electron chi connectivity index (χ1n) is 7.27. The van der Waals surface area contributed by atoms with E-state index in [-0.39, 0.29) is 6.04 Å². The second kappa shape index (κ2) is 5.74. The summed E-state index contributed by atoms with van der Waals surface area (Å²) in [4.78, 5) is 0.297. The first-order valence-corrected chi connectivity index (χ1v) is 8.71. The summed E-state index contributed by atoms with van der Waals surface area (Å²) in [5.41, 5.74) is 7.99. The van der Waals surface area contributed by atoms with Crippen molar-refractivity contribution in [2.75, 3.05) is 12.3 Å². The molecule has 0 atom stereocenters. The topological polar surface area (TPSA) is 63.4 Å². The Hall–Kier alpha value is -1.07. The molecule has 4 nitrogen and oxygen atoms in total. The highest BCUT2D eigenvalue weighted by atomic mass is 32.2. The number of anilines is 1. The van der Waals surface area contributed by atoms with E-state index in [9.17, 15) is 8.42 Å². The van der Waals surface area contributed by atoms with E-state index in [2.05, 4.69) is 0 Å². The van der Waals surface area contributed by atoms with Crippen molar-refractivity contribution >= 4 is 15.7 Å². The molecule has 0 spiro atoms. The van der Waals surface area contributed by atoms with E-state index in [1.807, 2.05) is 32.9 Å². The van der Waals surface area contributed by atoms with E-state index in [0.29, 0.717) is 17.1 Å². The Bertz CT molecular complexity index is 590. The van der Waals surface area contributed by atoms with Gasteiger partial charge in [0.2, 0.25) is 10.0 Å². The molecule has 1 aromatic rings. The second-order valence-electron chi connectivity index (χ2n) is 5.59. The van der Waals surface area contributed by atoms with Gasteiger partial charge in [0.1, 0.15) is 4.90 Å². The van der Waals surface area contributed by atoms with Gasteiger partial charge in [-0.3, -0.25) is 0 Å². The van der Waals surface area contributed by atoms with Crippen LogP contribution < -0.4 is 5.73 Å². The molecule has 5 heteroatoms. The molecule has 1 saturated carbocycles. The zero-order chi connectivity index (χ0) is 14.9. The smallest absolute Gasteiger partial charge is 0.245 e. The summed E-state index contributed by atoms with van der Waals surface area (Å²) >= 11 is 0. The maximum atomic E-state index is 13.0. The molecule has 2 N–H and O–H groups in total. The molecule has 2 rings (SSSR count). The molecular formula is C15H24N2O2S. The van der Waals surface area contributed by atoms with Crippen LogP contribution in [-0.2, 0) is 10.0 Å². The van der Waals surface area contributed by atoms with Crippen molar-refractivity contribution < 1.29 is 8.42 Å². The van der Waals surface area contributed by atoms with Crippen LogP contribution in [0, 0.1) is 13.8 Å². The summed E-state index contributed by atoms with van der Waals surface area (Å²) in [5, 5.41) is 0. The number of nitrogens with two attached hydrogens (primary N) is 1. The Kier molecular flexibility index (Phi) is 4.39. The van der Waals surface area contributed by atoms with Crippen LogP contribution in [0.25, 0.3) is 0 Å². The van der Waals surface area contributed by atoms with E-state index in [4.69, 9.17) is 5.73 Å². The largest absolute Gasteiger partial charge is 0.397 e. The number of hydrogen-bond acceptors (Lipinski definition) is 3. The van der Waals surface area contributed by atoms with Gasteiger partial charge < -0.3 is 5.73 Å². The maximum absolute atomic E-state index is 13.0. The quantitative estimate of drug-likeness (QED) is 0.869. The third-order valence-electron chi connectivity index (χ3n) is 4.22. The highest BCUT2D eigenvalue weighted by Gasteiger charge is 2.34. The van der Waals surface area contributed by atoms with Gasteiger partial charge in [-0.2, -0.15) is 4.31 Å². The Morgan fingerprint density at radius 2 is 1.75 bits per heavy atom. The molecular weight excluding hydrogens is 272 g/mol. The molecule has 0 bridgehead atoms. The van der Waals surface area contributed by atoms with E-state index in [1.165, 1.54) is 0 Å². The number of aryl methyl sites for hydroxylation is 2. The molecule has 0 radical (unpaired) electrons. The Labute approximate surface area is 122 Å². The number of benzene rings is 1. The van der Waals surface area contributed by atoms with E-state index in [1.54, 1.807) is 4.31 Å². The fourth-order valence-corrected chi connectivity index (χ4v) is 5.17. The average molecular weight is 296 g/mol. The van der Waals surface area contributed by atoms with Crippen molar-refractivity contribution in [3.8, 4) is 0 Å². The second-order valence-corrected chi connectivity index (χ2v) is 7.42. The van der Waals surface area contributed by atoms with Crippen molar-refractivity contribution in [1.29, 1.82) is 0 Å². The summed E-state index contributed by atoms with van der Waals surface area (Å²) in [7, 11) is -3.51. The zero-order valence-electron chi connectivity index (χ0n) is 12.5. The minimum atomic E-state index is -3.51. The van der Waals surface area contributed by atoms with Gasteiger partial charge >= 0.3 is 0 Å². The van der Waals surface area contributed by atoms with Crippen molar-refractivity contribution in [1.82, 2.24) is 4.31 Å². The monoisotopic (exact) mass is 296 g/mol. The van der Waals surface area contributed by atoms with E-state index >= 15 is 0 Å². The standard InChI is InChI=1S/C15H24N2O2S/c1-4-17(13-7-5-6-8-13)20(18,19)15-12(3)10-9-11(2)14(15)16/h9-10,13H,4-8,16H2,1-3H3. The van der Waals surface area contributed by atoms with Crippen molar-refractivity contribution in [2.24, 2.45) is 0 Å². The summed E-state index contributed by atoms with van der Waals surface area (Å²) in [6.45, 7) is 6.06. The highest BCUT2D eigenvalue weighted by Crippen LogP contribution is 2.33. The van der Waals surface area contributed by atoms with Gasteiger partial charge in [0.25, 0.3) is 0 Å². The lowest BCUT2D eigenvalue weighted by Gasteiger charge is -2.28. The van der Waals surface area contributed by atoms with Gasteiger partial charge in [-0.1, -0.05) is 31.9 Å². The molecule has 0 heterocycles. The lowest BCUT2D eigenvalue weighted by molar-refractivity contribution is 0.335. The van der Waals surface area contributed by atoms with Gasteiger partial charge in [-0.25, -0.2) is 8.42 Å². The van der Waals surface area contributed by atoms with Crippen LogP contribution in [0.2, 0.25) is 0 Å². The van der Waals surface area contributed by atoms with Crippen molar-refractivity contribution in [3.05, 3.63) is 23.3 Å². The number of hydrogen-bond donors (Lipinski definition) is 1. The van der Waals surface area contributed by atoms with Crippen LogP contribution >= 0.6 is 0 Å². The molecule has 0 amide bonds. The number of sulfonamides is 1. The SMILES string of the molecule is CCN(C1CCCC1)S(=O)(=O)c1c(C)ccc(C)c1N. The van der Waals surface area contributed by atoms with Gasteiger partial charge in [0.15, 0.2) is 0 Å². The Morgan fingerprint density at radius 3 is 2.30 bits per heavy atom. The molecule has 0 saturated heterocycles. The fraction of sp³-hybridized carbons (Fsp3) is 0.600. The minimum absolute atomic E-state index is 0.129.